The lowest BCUT2D eigenvalue weighted by molar-refractivity contribution is 0.293. The SMILES string of the molecule is CC(C)(C)NCc1ccc(COc2cc(Br)ccc2F)s1. The molecule has 1 aromatic heterocycles. The first-order valence-corrected chi connectivity index (χ1v) is 8.35. The Hall–Kier alpha value is -0.910. The summed E-state index contributed by atoms with van der Waals surface area (Å²) >= 11 is 4.99. The monoisotopic (exact) mass is 371 g/mol. The molecule has 0 fully saturated rings. The van der Waals surface area contributed by atoms with Crippen molar-refractivity contribution in [2.75, 3.05) is 0 Å². The van der Waals surface area contributed by atoms with Gasteiger partial charge in [-0.15, -0.1) is 11.3 Å². The number of ether oxygens (including phenoxy) is 1. The van der Waals surface area contributed by atoms with Crippen LogP contribution in [0.1, 0.15) is 30.5 Å². The number of hydrogen-bond acceptors (Lipinski definition) is 3. The van der Waals surface area contributed by atoms with E-state index < -0.39 is 0 Å². The molecule has 2 nitrogen and oxygen atoms in total. The number of benzene rings is 1. The highest BCUT2D eigenvalue weighted by Crippen LogP contribution is 2.25. The zero-order valence-electron chi connectivity index (χ0n) is 12.4. The lowest BCUT2D eigenvalue weighted by Crippen LogP contribution is -2.34. The van der Waals surface area contributed by atoms with Gasteiger partial charge < -0.3 is 10.1 Å². The summed E-state index contributed by atoms with van der Waals surface area (Å²) < 4.78 is 19.9. The molecule has 1 aromatic carbocycles. The fourth-order valence-electron chi connectivity index (χ4n) is 1.68. The van der Waals surface area contributed by atoms with Crippen molar-refractivity contribution in [3.05, 3.63) is 50.4 Å². The maximum Gasteiger partial charge on any atom is 0.165 e. The average molecular weight is 372 g/mol. The van der Waals surface area contributed by atoms with E-state index in [2.05, 4.69) is 48.1 Å². The van der Waals surface area contributed by atoms with Crippen LogP contribution in [-0.4, -0.2) is 5.54 Å². The van der Waals surface area contributed by atoms with Gasteiger partial charge in [0, 0.05) is 26.3 Å². The molecule has 2 aromatic rings. The first kappa shape index (κ1) is 16.5. The first-order valence-electron chi connectivity index (χ1n) is 6.74. The van der Waals surface area contributed by atoms with Crippen LogP contribution in [0.5, 0.6) is 5.75 Å². The van der Waals surface area contributed by atoms with E-state index in [0.29, 0.717) is 6.61 Å². The lowest BCUT2D eigenvalue weighted by Gasteiger charge is -2.19. The Labute approximate surface area is 137 Å². The van der Waals surface area contributed by atoms with Crippen LogP contribution in [-0.2, 0) is 13.2 Å². The van der Waals surface area contributed by atoms with E-state index in [9.17, 15) is 4.39 Å². The molecule has 0 saturated heterocycles. The van der Waals surface area contributed by atoms with Crippen LogP contribution in [0.15, 0.2) is 34.8 Å². The van der Waals surface area contributed by atoms with Crippen molar-refractivity contribution in [2.45, 2.75) is 39.5 Å². The maximum atomic E-state index is 13.6. The van der Waals surface area contributed by atoms with Crippen molar-refractivity contribution < 1.29 is 9.13 Å². The van der Waals surface area contributed by atoms with E-state index in [1.165, 1.54) is 10.9 Å². The van der Waals surface area contributed by atoms with Gasteiger partial charge in [-0.2, -0.15) is 0 Å². The van der Waals surface area contributed by atoms with Crippen molar-refractivity contribution >= 4 is 27.3 Å². The summed E-state index contributed by atoms with van der Waals surface area (Å²) in [6.45, 7) is 7.63. The number of halogens is 2. The van der Waals surface area contributed by atoms with E-state index >= 15 is 0 Å². The minimum atomic E-state index is -0.343. The van der Waals surface area contributed by atoms with Gasteiger partial charge in [0.25, 0.3) is 0 Å². The highest BCUT2D eigenvalue weighted by atomic mass is 79.9. The van der Waals surface area contributed by atoms with Crippen molar-refractivity contribution in [3.8, 4) is 5.75 Å². The van der Waals surface area contributed by atoms with Crippen molar-refractivity contribution in [3.63, 3.8) is 0 Å². The van der Waals surface area contributed by atoms with Gasteiger partial charge in [-0.1, -0.05) is 15.9 Å². The van der Waals surface area contributed by atoms with Gasteiger partial charge in [-0.05, 0) is 51.1 Å². The molecule has 0 saturated carbocycles. The third-order valence-electron chi connectivity index (χ3n) is 2.77. The number of thiophene rings is 1. The molecule has 0 unspecified atom stereocenters. The summed E-state index contributed by atoms with van der Waals surface area (Å²) in [7, 11) is 0. The van der Waals surface area contributed by atoms with Crippen LogP contribution in [0.3, 0.4) is 0 Å². The Bertz CT molecular complexity index is 607. The smallest absolute Gasteiger partial charge is 0.165 e. The molecule has 1 heterocycles. The van der Waals surface area contributed by atoms with Crippen LogP contribution in [0.4, 0.5) is 4.39 Å². The molecule has 2 rings (SSSR count). The zero-order chi connectivity index (χ0) is 15.5. The maximum absolute atomic E-state index is 13.6. The lowest BCUT2D eigenvalue weighted by atomic mass is 10.1. The standard InChI is InChI=1S/C16H19BrFNOS/c1-16(2,3)19-9-12-5-6-13(21-12)10-20-15-8-11(17)4-7-14(15)18/h4-8,19H,9-10H2,1-3H3. The van der Waals surface area contributed by atoms with Crippen molar-refractivity contribution in [2.24, 2.45) is 0 Å². The van der Waals surface area contributed by atoms with E-state index in [1.54, 1.807) is 23.5 Å². The zero-order valence-corrected chi connectivity index (χ0v) is 14.8. The van der Waals surface area contributed by atoms with Gasteiger partial charge in [0.05, 0.1) is 0 Å². The molecule has 0 amide bonds. The molecule has 0 radical (unpaired) electrons. The van der Waals surface area contributed by atoms with Crippen molar-refractivity contribution in [1.29, 1.82) is 0 Å². The predicted molar refractivity (Wildman–Crippen MR) is 89.3 cm³/mol. The molecule has 5 heteroatoms. The average Bonchev–Trinajstić information content (AvgIpc) is 2.85. The van der Waals surface area contributed by atoms with E-state index in [-0.39, 0.29) is 17.1 Å². The Kier molecular flexibility index (Phi) is 5.41. The van der Waals surface area contributed by atoms with Gasteiger partial charge in [-0.25, -0.2) is 4.39 Å². The molecule has 0 bridgehead atoms. The van der Waals surface area contributed by atoms with Gasteiger partial charge in [0.1, 0.15) is 6.61 Å². The quantitative estimate of drug-likeness (QED) is 0.787. The Morgan fingerprint density at radius 1 is 1.19 bits per heavy atom. The summed E-state index contributed by atoms with van der Waals surface area (Å²) in [5, 5.41) is 3.45. The first-order chi connectivity index (χ1) is 9.83. The van der Waals surface area contributed by atoms with Crippen LogP contribution in [0.25, 0.3) is 0 Å². The minimum absolute atomic E-state index is 0.0973. The fourth-order valence-corrected chi connectivity index (χ4v) is 2.90. The fraction of sp³-hybridized carbons (Fsp3) is 0.375. The summed E-state index contributed by atoms with van der Waals surface area (Å²) in [6.07, 6.45) is 0. The molecule has 1 N–H and O–H groups in total. The predicted octanol–water partition coefficient (Wildman–Crippen LogP) is 5.12. The van der Waals surface area contributed by atoms with Crippen LogP contribution in [0, 0.1) is 5.82 Å². The second-order valence-electron chi connectivity index (χ2n) is 5.83. The van der Waals surface area contributed by atoms with E-state index in [4.69, 9.17) is 4.74 Å². The second-order valence-corrected chi connectivity index (χ2v) is 8.00. The largest absolute Gasteiger partial charge is 0.485 e. The molecule has 114 valence electrons. The Morgan fingerprint density at radius 3 is 2.62 bits per heavy atom. The van der Waals surface area contributed by atoms with Gasteiger partial charge in [-0.3, -0.25) is 0 Å². The van der Waals surface area contributed by atoms with Crippen LogP contribution in [0.2, 0.25) is 0 Å². The van der Waals surface area contributed by atoms with Gasteiger partial charge in [0.2, 0.25) is 0 Å². The molecule has 0 spiro atoms. The third kappa shape index (κ3) is 5.41. The summed E-state index contributed by atoms with van der Waals surface area (Å²) in [5.41, 5.74) is 0.0973. The highest BCUT2D eigenvalue weighted by molar-refractivity contribution is 9.10. The number of rotatable bonds is 5. The van der Waals surface area contributed by atoms with E-state index in [0.717, 1.165) is 15.9 Å². The molecule has 0 aliphatic carbocycles. The molecule has 21 heavy (non-hydrogen) atoms. The van der Waals surface area contributed by atoms with Crippen LogP contribution < -0.4 is 10.1 Å². The third-order valence-corrected chi connectivity index (χ3v) is 4.33. The molecular weight excluding hydrogens is 353 g/mol. The molecule has 0 aliphatic heterocycles. The summed E-state index contributed by atoms with van der Waals surface area (Å²) in [4.78, 5) is 2.33. The molecule has 0 aliphatic rings. The van der Waals surface area contributed by atoms with Crippen molar-refractivity contribution in [1.82, 2.24) is 5.32 Å². The Morgan fingerprint density at radius 2 is 1.90 bits per heavy atom. The number of nitrogens with one attached hydrogen (secondary N) is 1. The highest BCUT2D eigenvalue weighted by Gasteiger charge is 2.10. The molecular formula is C16H19BrFNOS. The minimum Gasteiger partial charge on any atom is -0.485 e. The summed E-state index contributed by atoms with van der Waals surface area (Å²) in [6, 6.07) is 8.81. The molecule has 0 atom stereocenters. The van der Waals surface area contributed by atoms with Gasteiger partial charge >= 0.3 is 0 Å². The van der Waals surface area contributed by atoms with E-state index in [1.807, 2.05) is 6.07 Å². The second kappa shape index (κ2) is 6.90. The van der Waals surface area contributed by atoms with Crippen LogP contribution >= 0.6 is 27.3 Å². The number of hydrogen-bond donors (Lipinski definition) is 1. The summed E-state index contributed by atoms with van der Waals surface area (Å²) in [5.74, 6) is -0.0727. The normalized spacial score (nSPS) is 11.7. The topological polar surface area (TPSA) is 21.3 Å². The van der Waals surface area contributed by atoms with Gasteiger partial charge in [0.15, 0.2) is 11.6 Å². The Balaban J connectivity index is 1.92.